The lowest BCUT2D eigenvalue weighted by atomic mass is 10.1. The van der Waals surface area contributed by atoms with E-state index >= 15 is 0 Å². The van der Waals surface area contributed by atoms with E-state index in [1.807, 2.05) is 26.8 Å². The summed E-state index contributed by atoms with van der Waals surface area (Å²) in [6.07, 6.45) is 1.81. The van der Waals surface area contributed by atoms with Gasteiger partial charge in [0.2, 0.25) is 0 Å². The molecule has 0 aromatic rings. The standard InChI is InChI=1S/C10H16NP/c1-6-10(9(5)12)8(4)11-7(2)3/h6,11-12H,1-2H2,3-5H3/b10-8-. The van der Waals surface area contributed by atoms with Crippen LogP contribution in [0.2, 0.25) is 0 Å². The Labute approximate surface area is 77.1 Å². The summed E-state index contributed by atoms with van der Waals surface area (Å²) < 4.78 is 0. The van der Waals surface area contributed by atoms with Crippen molar-refractivity contribution in [2.75, 3.05) is 0 Å². The zero-order valence-electron chi connectivity index (χ0n) is 7.99. The van der Waals surface area contributed by atoms with Crippen LogP contribution in [0.25, 0.3) is 0 Å². The number of hydrogen-bond acceptors (Lipinski definition) is 1. The average molecular weight is 181 g/mol. The van der Waals surface area contributed by atoms with Crippen LogP contribution in [0.4, 0.5) is 0 Å². The summed E-state index contributed by atoms with van der Waals surface area (Å²) >= 11 is 0. The molecule has 1 nitrogen and oxygen atoms in total. The third-order valence-corrected chi connectivity index (χ3v) is 1.68. The molecule has 0 aliphatic heterocycles. The molecule has 0 spiro atoms. The molecule has 0 aliphatic rings. The van der Waals surface area contributed by atoms with Crippen LogP contribution >= 0.6 is 8.86 Å². The Bertz CT molecular complexity index is 249. The minimum absolute atomic E-state index is 0.930. The molecule has 0 atom stereocenters. The van der Waals surface area contributed by atoms with E-state index in [0.29, 0.717) is 0 Å². The molecule has 0 heterocycles. The van der Waals surface area contributed by atoms with Gasteiger partial charge in [-0.05, 0) is 31.6 Å². The summed E-state index contributed by atoms with van der Waals surface area (Å²) in [5.41, 5.74) is 3.07. The van der Waals surface area contributed by atoms with Crippen molar-refractivity contribution in [1.29, 1.82) is 0 Å². The molecule has 12 heavy (non-hydrogen) atoms. The van der Waals surface area contributed by atoms with Gasteiger partial charge >= 0.3 is 0 Å². The van der Waals surface area contributed by atoms with Crippen molar-refractivity contribution in [1.82, 2.24) is 5.32 Å². The van der Waals surface area contributed by atoms with Crippen molar-refractivity contribution in [2.24, 2.45) is 0 Å². The minimum Gasteiger partial charge on any atom is -0.363 e. The van der Waals surface area contributed by atoms with E-state index in [9.17, 15) is 0 Å². The molecule has 0 saturated heterocycles. The molecule has 0 unspecified atom stereocenters. The summed E-state index contributed by atoms with van der Waals surface area (Å²) in [5.74, 6) is 0. The second-order valence-electron chi connectivity index (χ2n) is 2.77. The SMILES string of the molecule is C=C/C(C(C)=P)=C(\C)NC(=C)C. The van der Waals surface area contributed by atoms with E-state index in [0.717, 1.165) is 22.3 Å². The normalized spacial score (nSPS) is 11.6. The molecule has 1 N–H and O–H groups in total. The summed E-state index contributed by atoms with van der Waals surface area (Å²) in [6.45, 7) is 13.4. The van der Waals surface area contributed by atoms with Crippen LogP contribution in [0.5, 0.6) is 0 Å². The highest BCUT2D eigenvalue weighted by atomic mass is 31.0. The lowest BCUT2D eigenvalue weighted by Gasteiger charge is -2.09. The molecule has 0 bridgehead atoms. The summed E-state index contributed by atoms with van der Waals surface area (Å²) in [6, 6.07) is 0. The van der Waals surface area contributed by atoms with Gasteiger partial charge in [-0.15, -0.1) is 8.86 Å². The predicted molar refractivity (Wildman–Crippen MR) is 59.8 cm³/mol. The van der Waals surface area contributed by atoms with E-state index in [1.54, 1.807) is 0 Å². The van der Waals surface area contributed by atoms with E-state index < -0.39 is 0 Å². The zero-order valence-corrected chi connectivity index (χ0v) is 8.99. The van der Waals surface area contributed by atoms with Crippen LogP contribution in [-0.2, 0) is 0 Å². The smallest absolute Gasteiger partial charge is 0.0196 e. The summed E-state index contributed by atoms with van der Waals surface area (Å²) in [7, 11) is 3.46. The second-order valence-corrected chi connectivity index (χ2v) is 3.52. The molecule has 0 aliphatic carbocycles. The topological polar surface area (TPSA) is 12.0 Å². The van der Waals surface area contributed by atoms with Gasteiger partial charge in [0.15, 0.2) is 0 Å². The highest BCUT2D eigenvalue weighted by Gasteiger charge is 1.98. The molecule has 0 radical (unpaired) electrons. The first kappa shape index (κ1) is 11.2. The van der Waals surface area contributed by atoms with Crippen LogP contribution in [0, 0.1) is 0 Å². The number of rotatable bonds is 4. The fourth-order valence-corrected chi connectivity index (χ4v) is 1.26. The lowest BCUT2D eigenvalue weighted by Crippen LogP contribution is -2.11. The molecule has 0 amide bonds. The molecule has 0 aromatic heterocycles. The van der Waals surface area contributed by atoms with Gasteiger partial charge in [0, 0.05) is 11.4 Å². The maximum Gasteiger partial charge on any atom is 0.0196 e. The quantitative estimate of drug-likeness (QED) is 0.519. The fraction of sp³-hybridized carbons (Fsp3) is 0.300. The highest BCUT2D eigenvalue weighted by Crippen LogP contribution is 2.07. The lowest BCUT2D eigenvalue weighted by molar-refractivity contribution is 0.968. The molecule has 66 valence electrons. The second kappa shape index (κ2) is 4.95. The van der Waals surface area contributed by atoms with Crippen LogP contribution < -0.4 is 5.32 Å². The Kier molecular flexibility index (Phi) is 4.61. The van der Waals surface area contributed by atoms with E-state index in [1.165, 1.54) is 0 Å². The largest absolute Gasteiger partial charge is 0.363 e. The van der Waals surface area contributed by atoms with Gasteiger partial charge in [0.1, 0.15) is 0 Å². The van der Waals surface area contributed by atoms with Crippen molar-refractivity contribution in [2.45, 2.75) is 20.8 Å². The highest BCUT2D eigenvalue weighted by molar-refractivity contribution is 7.22. The van der Waals surface area contributed by atoms with Crippen molar-refractivity contribution >= 4 is 14.2 Å². The van der Waals surface area contributed by atoms with Gasteiger partial charge in [-0.1, -0.05) is 19.2 Å². The molecule has 2 heteroatoms. The molecule has 0 rings (SSSR count). The third-order valence-electron chi connectivity index (χ3n) is 1.41. The van der Waals surface area contributed by atoms with Gasteiger partial charge in [-0.25, -0.2) is 0 Å². The fourth-order valence-electron chi connectivity index (χ4n) is 0.975. The van der Waals surface area contributed by atoms with Crippen LogP contribution in [0.15, 0.2) is 36.2 Å². The van der Waals surface area contributed by atoms with E-state index in [-0.39, 0.29) is 0 Å². The third kappa shape index (κ3) is 3.54. The first-order chi connectivity index (χ1) is 5.49. The van der Waals surface area contributed by atoms with Gasteiger partial charge < -0.3 is 5.32 Å². The van der Waals surface area contributed by atoms with Crippen LogP contribution in [0.3, 0.4) is 0 Å². The zero-order chi connectivity index (χ0) is 9.72. The first-order valence-electron chi connectivity index (χ1n) is 3.80. The monoisotopic (exact) mass is 181 g/mol. The van der Waals surface area contributed by atoms with Gasteiger partial charge in [-0.3, -0.25) is 0 Å². The number of hydrogen-bond donors (Lipinski definition) is 1. The predicted octanol–water partition coefficient (Wildman–Crippen LogP) is 2.90. The Balaban J connectivity index is 4.72. The van der Waals surface area contributed by atoms with Crippen LogP contribution in [-0.4, -0.2) is 5.29 Å². The Morgan fingerprint density at radius 3 is 2.08 bits per heavy atom. The number of allylic oxidation sites excluding steroid dienone is 4. The van der Waals surface area contributed by atoms with Crippen molar-refractivity contribution in [3.8, 4) is 0 Å². The van der Waals surface area contributed by atoms with Gasteiger partial charge in [0.05, 0.1) is 0 Å². The van der Waals surface area contributed by atoms with E-state index in [4.69, 9.17) is 0 Å². The summed E-state index contributed by atoms with van der Waals surface area (Å²) in [5, 5.41) is 4.20. The van der Waals surface area contributed by atoms with E-state index in [2.05, 4.69) is 27.3 Å². The maximum absolute atomic E-state index is 3.77. The van der Waals surface area contributed by atoms with Crippen LogP contribution in [0.1, 0.15) is 20.8 Å². The average Bonchev–Trinajstić information content (AvgIpc) is 1.85. The minimum atomic E-state index is 0.930. The van der Waals surface area contributed by atoms with Gasteiger partial charge in [0.25, 0.3) is 0 Å². The Morgan fingerprint density at radius 2 is 1.83 bits per heavy atom. The molecule has 0 saturated carbocycles. The van der Waals surface area contributed by atoms with Gasteiger partial charge in [-0.2, -0.15) is 0 Å². The van der Waals surface area contributed by atoms with Crippen molar-refractivity contribution in [3.05, 3.63) is 36.2 Å². The molecular weight excluding hydrogens is 165 g/mol. The molecule has 0 aromatic carbocycles. The number of nitrogens with one attached hydrogen (secondary N) is 1. The molecular formula is C10H16NP. The Hall–Kier alpha value is -0.810. The van der Waals surface area contributed by atoms with Crippen molar-refractivity contribution in [3.63, 3.8) is 0 Å². The summed E-state index contributed by atoms with van der Waals surface area (Å²) in [4.78, 5) is 0. The maximum atomic E-state index is 3.77. The van der Waals surface area contributed by atoms with Crippen molar-refractivity contribution < 1.29 is 0 Å². The molecule has 0 fully saturated rings. The first-order valence-corrected chi connectivity index (χ1v) is 4.30. The Morgan fingerprint density at radius 1 is 1.33 bits per heavy atom.